The Balaban J connectivity index is 0.00000264. The number of hydrogen-bond acceptors (Lipinski definition) is 3. The van der Waals surface area contributed by atoms with Crippen LogP contribution in [0.2, 0.25) is 0 Å². The number of hydrogen-bond donors (Lipinski definition) is 2. The molecule has 0 spiro atoms. The van der Waals surface area contributed by atoms with E-state index in [9.17, 15) is 0 Å². The smallest absolute Gasteiger partial charge is 0.191 e. The Bertz CT molecular complexity index is 342. The van der Waals surface area contributed by atoms with Gasteiger partial charge in [0.1, 0.15) is 0 Å². The summed E-state index contributed by atoms with van der Waals surface area (Å²) in [7, 11) is 4.10. The standard InChI is InChI=1S/C17H35N5.HI/c1-4-22-11-5-6-16(22)14-20-17(18-2)19-10-7-15-8-12-21(3)13-9-15;/h15-16H,4-14H2,1-3H3,(H2,18,19,20);1H. The van der Waals surface area contributed by atoms with E-state index in [-0.39, 0.29) is 24.0 Å². The molecule has 0 aromatic heterocycles. The van der Waals surface area contributed by atoms with Crippen molar-refractivity contribution in [2.24, 2.45) is 10.9 Å². The fourth-order valence-electron chi connectivity index (χ4n) is 3.72. The Morgan fingerprint density at radius 1 is 1.13 bits per heavy atom. The first-order valence-electron chi connectivity index (χ1n) is 9.10. The molecule has 2 aliphatic rings. The molecule has 0 aromatic carbocycles. The molecule has 5 nitrogen and oxygen atoms in total. The molecular weight excluding hydrogens is 401 g/mol. The normalized spacial score (nSPS) is 24.5. The highest BCUT2D eigenvalue weighted by Gasteiger charge is 2.22. The molecule has 2 saturated heterocycles. The third-order valence-electron chi connectivity index (χ3n) is 5.32. The van der Waals surface area contributed by atoms with E-state index in [1.807, 2.05) is 7.05 Å². The Hall–Kier alpha value is -0.0800. The van der Waals surface area contributed by atoms with E-state index in [1.54, 1.807) is 0 Å². The zero-order chi connectivity index (χ0) is 15.8. The number of guanidine groups is 1. The van der Waals surface area contributed by atoms with Crippen molar-refractivity contribution in [3.8, 4) is 0 Å². The van der Waals surface area contributed by atoms with Crippen molar-refractivity contribution in [3.63, 3.8) is 0 Å². The van der Waals surface area contributed by atoms with Crippen LogP contribution in [-0.2, 0) is 0 Å². The average molecular weight is 437 g/mol. The van der Waals surface area contributed by atoms with Crippen LogP contribution in [-0.4, -0.2) is 75.2 Å². The lowest BCUT2D eigenvalue weighted by molar-refractivity contribution is 0.213. The second-order valence-electron chi connectivity index (χ2n) is 6.84. The van der Waals surface area contributed by atoms with E-state index < -0.39 is 0 Å². The lowest BCUT2D eigenvalue weighted by Crippen LogP contribution is -2.45. The summed E-state index contributed by atoms with van der Waals surface area (Å²) in [5.74, 6) is 1.85. The maximum Gasteiger partial charge on any atom is 0.191 e. The molecule has 0 aliphatic carbocycles. The zero-order valence-corrected chi connectivity index (χ0v) is 17.5. The fourth-order valence-corrected chi connectivity index (χ4v) is 3.72. The number of nitrogens with one attached hydrogen (secondary N) is 2. The number of halogens is 1. The van der Waals surface area contributed by atoms with Crippen LogP contribution in [0.15, 0.2) is 4.99 Å². The molecule has 0 saturated carbocycles. The van der Waals surface area contributed by atoms with Gasteiger partial charge in [0, 0.05) is 26.2 Å². The first-order valence-corrected chi connectivity index (χ1v) is 9.10. The largest absolute Gasteiger partial charge is 0.356 e. The second kappa shape index (κ2) is 11.5. The van der Waals surface area contributed by atoms with Gasteiger partial charge in [0.05, 0.1) is 0 Å². The molecule has 2 N–H and O–H groups in total. The van der Waals surface area contributed by atoms with Crippen LogP contribution < -0.4 is 10.6 Å². The van der Waals surface area contributed by atoms with Crippen molar-refractivity contribution in [1.29, 1.82) is 0 Å². The molecule has 6 heteroatoms. The quantitative estimate of drug-likeness (QED) is 0.379. The minimum Gasteiger partial charge on any atom is -0.356 e. The van der Waals surface area contributed by atoms with E-state index >= 15 is 0 Å². The highest BCUT2D eigenvalue weighted by atomic mass is 127. The van der Waals surface area contributed by atoms with Gasteiger partial charge in [-0.1, -0.05) is 6.92 Å². The number of piperidine rings is 1. The van der Waals surface area contributed by atoms with Crippen molar-refractivity contribution >= 4 is 29.9 Å². The Morgan fingerprint density at radius 2 is 1.87 bits per heavy atom. The van der Waals surface area contributed by atoms with Crippen molar-refractivity contribution in [3.05, 3.63) is 0 Å². The minimum absolute atomic E-state index is 0. The summed E-state index contributed by atoms with van der Waals surface area (Å²) in [5, 5.41) is 7.00. The summed E-state index contributed by atoms with van der Waals surface area (Å²) < 4.78 is 0. The van der Waals surface area contributed by atoms with Crippen LogP contribution >= 0.6 is 24.0 Å². The first-order chi connectivity index (χ1) is 10.7. The number of likely N-dealkylation sites (tertiary alicyclic amines) is 2. The zero-order valence-electron chi connectivity index (χ0n) is 15.2. The van der Waals surface area contributed by atoms with E-state index in [2.05, 4.69) is 39.4 Å². The number of rotatable bonds is 6. The molecule has 0 amide bonds. The molecule has 2 heterocycles. The van der Waals surface area contributed by atoms with Gasteiger partial charge < -0.3 is 15.5 Å². The first kappa shape index (κ1) is 21.0. The predicted octanol–water partition coefficient (Wildman–Crippen LogP) is 1.99. The second-order valence-corrected chi connectivity index (χ2v) is 6.84. The third kappa shape index (κ3) is 7.13. The summed E-state index contributed by atoms with van der Waals surface area (Å²) >= 11 is 0. The van der Waals surface area contributed by atoms with Crippen molar-refractivity contribution < 1.29 is 0 Å². The van der Waals surface area contributed by atoms with Gasteiger partial charge in [0.25, 0.3) is 0 Å². The predicted molar refractivity (Wildman–Crippen MR) is 110 cm³/mol. The van der Waals surface area contributed by atoms with Crippen molar-refractivity contribution in [2.45, 2.75) is 45.1 Å². The number of nitrogens with zero attached hydrogens (tertiary/aromatic N) is 3. The Morgan fingerprint density at radius 3 is 2.52 bits per heavy atom. The molecule has 2 aliphatic heterocycles. The maximum atomic E-state index is 4.36. The van der Waals surface area contributed by atoms with Crippen molar-refractivity contribution in [2.75, 3.05) is 53.4 Å². The lowest BCUT2D eigenvalue weighted by Gasteiger charge is -2.29. The van der Waals surface area contributed by atoms with Gasteiger partial charge >= 0.3 is 0 Å². The van der Waals surface area contributed by atoms with Crippen LogP contribution in [0.1, 0.15) is 39.0 Å². The maximum absolute atomic E-state index is 4.36. The van der Waals surface area contributed by atoms with Gasteiger partial charge in [-0.25, -0.2) is 0 Å². The highest BCUT2D eigenvalue weighted by Crippen LogP contribution is 2.18. The summed E-state index contributed by atoms with van der Waals surface area (Å²) in [6.45, 7) is 9.24. The van der Waals surface area contributed by atoms with Gasteiger partial charge in [0.15, 0.2) is 5.96 Å². The topological polar surface area (TPSA) is 42.9 Å². The number of likely N-dealkylation sites (N-methyl/N-ethyl adjacent to an activating group) is 1. The van der Waals surface area contributed by atoms with Gasteiger partial charge in [-0.15, -0.1) is 24.0 Å². The molecule has 0 aromatic rings. The van der Waals surface area contributed by atoms with Crippen LogP contribution in [0.4, 0.5) is 0 Å². The SMILES string of the molecule is CCN1CCCC1CNC(=NC)NCCC1CCN(C)CC1.I. The van der Waals surface area contributed by atoms with Crippen LogP contribution in [0, 0.1) is 5.92 Å². The van der Waals surface area contributed by atoms with E-state index in [0.717, 1.165) is 31.5 Å². The van der Waals surface area contributed by atoms with Crippen LogP contribution in [0.25, 0.3) is 0 Å². The third-order valence-corrected chi connectivity index (χ3v) is 5.32. The average Bonchev–Trinajstić information content (AvgIpc) is 3.00. The van der Waals surface area contributed by atoms with Crippen LogP contribution in [0.3, 0.4) is 0 Å². The summed E-state index contributed by atoms with van der Waals surface area (Å²) in [6.07, 6.45) is 6.60. The molecule has 0 bridgehead atoms. The molecule has 23 heavy (non-hydrogen) atoms. The van der Waals surface area contributed by atoms with E-state index in [4.69, 9.17) is 0 Å². The monoisotopic (exact) mass is 437 g/mol. The highest BCUT2D eigenvalue weighted by molar-refractivity contribution is 14.0. The molecule has 2 fully saturated rings. The molecule has 2 rings (SSSR count). The van der Waals surface area contributed by atoms with Gasteiger partial charge in [0.2, 0.25) is 0 Å². The molecular formula is C17H36IN5. The van der Waals surface area contributed by atoms with E-state index in [0.29, 0.717) is 6.04 Å². The van der Waals surface area contributed by atoms with Crippen LogP contribution in [0.5, 0.6) is 0 Å². The fraction of sp³-hybridized carbons (Fsp3) is 0.941. The van der Waals surface area contributed by atoms with Crippen molar-refractivity contribution in [1.82, 2.24) is 20.4 Å². The lowest BCUT2D eigenvalue weighted by atomic mass is 9.94. The van der Waals surface area contributed by atoms with Gasteiger partial charge in [-0.2, -0.15) is 0 Å². The van der Waals surface area contributed by atoms with Gasteiger partial charge in [-0.05, 0) is 71.2 Å². The summed E-state index contributed by atoms with van der Waals surface area (Å²) in [5.41, 5.74) is 0. The molecule has 0 radical (unpaired) electrons. The molecule has 136 valence electrons. The Labute approximate surface area is 159 Å². The summed E-state index contributed by atoms with van der Waals surface area (Å²) in [4.78, 5) is 9.37. The molecule has 1 unspecified atom stereocenters. The van der Waals surface area contributed by atoms with Gasteiger partial charge in [-0.3, -0.25) is 9.89 Å². The minimum atomic E-state index is 0. The van der Waals surface area contributed by atoms with E-state index in [1.165, 1.54) is 51.7 Å². The Kier molecular flexibility index (Phi) is 10.5. The molecule has 1 atom stereocenters. The number of aliphatic imine (C=N–C) groups is 1. The summed E-state index contributed by atoms with van der Waals surface area (Å²) in [6, 6.07) is 0.678.